The van der Waals surface area contributed by atoms with E-state index in [0.29, 0.717) is 0 Å². The van der Waals surface area contributed by atoms with Crippen LogP contribution in [0.1, 0.15) is 42.5 Å². The van der Waals surface area contributed by atoms with Crippen LogP contribution >= 0.6 is 15.9 Å². The van der Waals surface area contributed by atoms with Gasteiger partial charge in [0.2, 0.25) is 0 Å². The number of carbonyl (C=O) groups excluding carboxylic acids is 1. The zero-order valence-corrected chi connectivity index (χ0v) is 11.6. The molecule has 0 atom stereocenters. The van der Waals surface area contributed by atoms with E-state index in [9.17, 15) is 4.79 Å². The summed E-state index contributed by atoms with van der Waals surface area (Å²) in [5.74, 6) is 0. The van der Waals surface area contributed by atoms with Gasteiger partial charge in [-0.2, -0.15) is 0 Å². The minimum absolute atomic E-state index is 0.792. The first-order chi connectivity index (χ1) is 8.31. The molecule has 0 N–H and O–H groups in total. The molecule has 2 rings (SSSR count). The lowest BCUT2D eigenvalue weighted by molar-refractivity contribution is 0.112. The van der Waals surface area contributed by atoms with E-state index in [1.54, 1.807) is 0 Å². The van der Waals surface area contributed by atoms with Gasteiger partial charge in [-0.05, 0) is 31.0 Å². The van der Waals surface area contributed by atoms with Crippen LogP contribution in [-0.2, 0) is 0 Å². The van der Waals surface area contributed by atoms with Crippen molar-refractivity contribution >= 4 is 27.9 Å². The lowest BCUT2D eigenvalue weighted by Crippen LogP contribution is -2.27. The Hall–Kier alpha value is -0.830. The Morgan fingerprint density at radius 1 is 1.06 bits per heavy atom. The summed E-state index contributed by atoms with van der Waals surface area (Å²) >= 11 is 3.41. The largest absolute Gasteiger partial charge is 0.371 e. The van der Waals surface area contributed by atoms with Gasteiger partial charge >= 0.3 is 0 Å². The standard InChI is InChI=1S/C14H18BrNO/c15-13-6-7-14(12(10-13)11-17)16-8-4-2-1-3-5-9-16/h6-7,10-11H,1-5,8-9H2. The molecule has 0 aliphatic carbocycles. The maximum atomic E-state index is 11.1. The Morgan fingerprint density at radius 3 is 2.35 bits per heavy atom. The van der Waals surface area contributed by atoms with Crippen LogP contribution in [0.3, 0.4) is 0 Å². The van der Waals surface area contributed by atoms with Gasteiger partial charge in [-0.3, -0.25) is 4.79 Å². The maximum absolute atomic E-state index is 11.1. The third-order valence-electron chi connectivity index (χ3n) is 3.31. The average molecular weight is 296 g/mol. The fourth-order valence-electron chi connectivity index (χ4n) is 2.40. The predicted molar refractivity (Wildman–Crippen MR) is 74.8 cm³/mol. The van der Waals surface area contributed by atoms with Crippen molar-refractivity contribution in [2.45, 2.75) is 32.1 Å². The summed E-state index contributed by atoms with van der Waals surface area (Å²) < 4.78 is 0.968. The highest BCUT2D eigenvalue weighted by Crippen LogP contribution is 2.25. The van der Waals surface area contributed by atoms with E-state index < -0.39 is 0 Å². The molecule has 0 spiro atoms. The molecule has 0 radical (unpaired) electrons. The highest BCUT2D eigenvalue weighted by Gasteiger charge is 2.12. The van der Waals surface area contributed by atoms with Gasteiger partial charge in [-0.15, -0.1) is 0 Å². The Kier molecular flexibility index (Phi) is 4.60. The second-order valence-electron chi connectivity index (χ2n) is 4.58. The molecule has 1 saturated heterocycles. The summed E-state index contributed by atoms with van der Waals surface area (Å²) in [5, 5.41) is 0. The Morgan fingerprint density at radius 2 is 1.71 bits per heavy atom. The first kappa shape index (κ1) is 12.6. The smallest absolute Gasteiger partial charge is 0.152 e. The molecule has 1 aromatic carbocycles. The first-order valence-corrected chi connectivity index (χ1v) is 7.10. The molecule has 0 bridgehead atoms. The number of rotatable bonds is 2. The summed E-state index contributed by atoms with van der Waals surface area (Å²) in [6, 6.07) is 5.97. The number of aldehydes is 1. The zero-order chi connectivity index (χ0) is 12.1. The molecule has 0 amide bonds. The van der Waals surface area contributed by atoms with Crippen molar-refractivity contribution in [2.75, 3.05) is 18.0 Å². The maximum Gasteiger partial charge on any atom is 0.152 e. The molecule has 0 aromatic heterocycles. The minimum Gasteiger partial charge on any atom is -0.371 e. The van der Waals surface area contributed by atoms with Crippen molar-refractivity contribution in [3.63, 3.8) is 0 Å². The van der Waals surface area contributed by atoms with Gasteiger partial charge < -0.3 is 4.90 Å². The quantitative estimate of drug-likeness (QED) is 0.768. The fourth-order valence-corrected chi connectivity index (χ4v) is 2.77. The normalized spacial score (nSPS) is 17.4. The van der Waals surface area contributed by atoms with Crippen molar-refractivity contribution in [1.29, 1.82) is 0 Å². The van der Waals surface area contributed by atoms with E-state index in [1.165, 1.54) is 32.1 Å². The molecule has 17 heavy (non-hydrogen) atoms. The molecular weight excluding hydrogens is 278 g/mol. The van der Waals surface area contributed by atoms with Gasteiger partial charge in [0.25, 0.3) is 0 Å². The summed E-state index contributed by atoms with van der Waals surface area (Å²) in [7, 11) is 0. The van der Waals surface area contributed by atoms with E-state index in [4.69, 9.17) is 0 Å². The Labute approximate surface area is 111 Å². The molecule has 1 aliphatic rings. The second kappa shape index (κ2) is 6.20. The van der Waals surface area contributed by atoms with Gasteiger partial charge in [-0.25, -0.2) is 0 Å². The third kappa shape index (κ3) is 3.32. The number of anilines is 1. The van der Waals surface area contributed by atoms with E-state index in [-0.39, 0.29) is 0 Å². The number of carbonyl (C=O) groups is 1. The van der Waals surface area contributed by atoms with Crippen LogP contribution in [0.4, 0.5) is 5.69 Å². The number of hydrogen-bond donors (Lipinski definition) is 0. The molecule has 1 heterocycles. The van der Waals surface area contributed by atoms with Gasteiger partial charge in [0.15, 0.2) is 6.29 Å². The molecule has 92 valence electrons. The molecule has 2 nitrogen and oxygen atoms in total. The van der Waals surface area contributed by atoms with E-state index >= 15 is 0 Å². The van der Waals surface area contributed by atoms with Gasteiger partial charge in [0.05, 0.1) is 0 Å². The zero-order valence-electron chi connectivity index (χ0n) is 9.99. The molecule has 0 unspecified atom stereocenters. The number of hydrogen-bond acceptors (Lipinski definition) is 2. The monoisotopic (exact) mass is 295 g/mol. The van der Waals surface area contributed by atoms with Crippen LogP contribution in [0, 0.1) is 0 Å². The molecular formula is C14H18BrNO. The predicted octanol–water partition coefficient (Wildman–Crippen LogP) is 4.03. The molecule has 1 fully saturated rings. The fraction of sp³-hybridized carbons (Fsp3) is 0.500. The van der Waals surface area contributed by atoms with Gasteiger partial charge in [-0.1, -0.05) is 35.2 Å². The van der Waals surface area contributed by atoms with Crippen LogP contribution in [0.15, 0.2) is 22.7 Å². The molecule has 1 aliphatic heterocycles. The summed E-state index contributed by atoms with van der Waals surface area (Å²) in [6.07, 6.45) is 7.39. The minimum atomic E-state index is 0.792. The summed E-state index contributed by atoms with van der Waals surface area (Å²) in [6.45, 7) is 2.14. The highest BCUT2D eigenvalue weighted by molar-refractivity contribution is 9.10. The first-order valence-electron chi connectivity index (χ1n) is 6.31. The molecule has 1 aromatic rings. The lowest BCUT2D eigenvalue weighted by Gasteiger charge is -2.28. The number of halogens is 1. The SMILES string of the molecule is O=Cc1cc(Br)ccc1N1CCCCCCC1. The number of nitrogens with zero attached hydrogens (tertiary/aromatic N) is 1. The van der Waals surface area contributed by atoms with Crippen molar-refractivity contribution in [3.8, 4) is 0 Å². The van der Waals surface area contributed by atoms with E-state index in [1.807, 2.05) is 12.1 Å². The third-order valence-corrected chi connectivity index (χ3v) is 3.81. The van der Waals surface area contributed by atoms with Crippen LogP contribution < -0.4 is 4.90 Å². The summed E-state index contributed by atoms with van der Waals surface area (Å²) in [4.78, 5) is 13.5. The highest BCUT2D eigenvalue weighted by atomic mass is 79.9. The van der Waals surface area contributed by atoms with Crippen molar-refractivity contribution < 1.29 is 4.79 Å². The number of benzene rings is 1. The lowest BCUT2D eigenvalue weighted by atomic mass is 10.1. The van der Waals surface area contributed by atoms with Gasteiger partial charge in [0, 0.05) is 28.8 Å². The second-order valence-corrected chi connectivity index (χ2v) is 5.49. The van der Waals surface area contributed by atoms with Crippen LogP contribution in [0.5, 0.6) is 0 Å². The Balaban J connectivity index is 2.21. The van der Waals surface area contributed by atoms with Crippen molar-refractivity contribution in [2.24, 2.45) is 0 Å². The van der Waals surface area contributed by atoms with E-state index in [2.05, 4.69) is 26.9 Å². The van der Waals surface area contributed by atoms with Crippen molar-refractivity contribution in [3.05, 3.63) is 28.2 Å². The van der Waals surface area contributed by atoms with Crippen LogP contribution in [0.2, 0.25) is 0 Å². The average Bonchev–Trinajstić information content (AvgIpc) is 2.29. The molecule has 3 heteroatoms. The summed E-state index contributed by atoms with van der Waals surface area (Å²) in [5.41, 5.74) is 1.88. The molecule has 0 saturated carbocycles. The van der Waals surface area contributed by atoms with Gasteiger partial charge in [0.1, 0.15) is 0 Å². The van der Waals surface area contributed by atoms with E-state index in [0.717, 1.165) is 35.1 Å². The topological polar surface area (TPSA) is 20.3 Å². The van der Waals surface area contributed by atoms with Crippen LogP contribution in [0.25, 0.3) is 0 Å². The Bertz CT molecular complexity index is 384. The van der Waals surface area contributed by atoms with Crippen LogP contribution in [-0.4, -0.2) is 19.4 Å². The van der Waals surface area contributed by atoms with Crippen molar-refractivity contribution in [1.82, 2.24) is 0 Å².